The molecule has 1 aliphatic carbocycles. The molecule has 2 aromatic carbocycles. The van der Waals surface area contributed by atoms with Crippen molar-refractivity contribution in [2.24, 2.45) is 5.92 Å². The van der Waals surface area contributed by atoms with E-state index < -0.39 is 17.8 Å². The standard InChI is InChI=1S/C25H24ClNO4/c1-14-22(25(29)31-3)23(15-8-10-17(26)11-9-15)24-19(27-14)12-16(13-20(24)28)18-6-4-5-7-21(18)30-2/h4-11,16,22-23,27H,1,12-13H2,2-3H3. The first-order valence-electron chi connectivity index (χ1n) is 10.1. The zero-order valence-electron chi connectivity index (χ0n) is 17.5. The number of methoxy groups -OCH3 is 2. The van der Waals surface area contributed by atoms with E-state index in [1.165, 1.54) is 7.11 Å². The summed E-state index contributed by atoms with van der Waals surface area (Å²) >= 11 is 6.07. The molecule has 5 nitrogen and oxygen atoms in total. The van der Waals surface area contributed by atoms with Crippen LogP contribution < -0.4 is 10.1 Å². The van der Waals surface area contributed by atoms with Crippen LogP contribution in [0.2, 0.25) is 5.02 Å². The molecule has 4 rings (SSSR count). The summed E-state index contributed by atoms with van der Waals surface area (Å²) in [5.74, 6) is -0.852. The van der Waals surface area contributed by atoms with E-state index in [2.05, 4.69) is 11.9 Å². The van der Waals surface area contributed by atoms with Gasteiger partial charge in [0.1, 0.15) is 11.7 Å². The van der Waals surface area contributed by atoms with Gasteiger partial charge in [0.05, 0.1) is 14.2 Å². The van der Waals surface area contributed by atoms with Crippen molar-refractivity contribution in [3.63, 3.8) is 0 Å². The van der Waals surface area contributed by atoms with Crippen molar-refractivity contribution in [1.82, 2.24) is 5.32 Å². The number of ketones is 1. The van der Waals surface area contributed by atoms with Crippen molar-refractivity contribution in [2.75, 3.05) is 14.2 Å². The number of hydrogen-bond acceptors (Lipinski definition) is 5. The van der Waals surface area contributed by atoms with Gasteiger partial charge in [-0.05, 0) is 35.7 Å². The number of nitrogens with one attached hydrogen (secondary N) is 1. The highest BCUT2D eigenvalue weighted by molar-refractivity contribution is 6.30. The van der Waals surface area contributed by atoms with Crippen LogP contribution >= 0.6 is 11.6 Å². The molecule has 0 spiro atoms. The summed E-state index contributed by atoms with van der Waals surface area (Å²) in [6, 6.07) is 15.0. The highest BCUT2D eigenvalue weighted by atomic mass is 35.5. The zero-order chi connectivity index (χ0) is 22.1. The number of rotatable bonds is 4. The van der Waals surface area contributed by atoms with Gasteiger partial charge < -0.3 is 14.8 Å². The van der Waals surface area contributed by atoms with E-state index in [-0.39, 0.29) is 11.7 Å². The third kappa shape index (κ3) is 3.86. The lowest BCUT2D eigenvalue weighted by Gasteiger charge is -2.40. The molecular formula is C25H24ClNO4. The van der Waals surface area contributed by atoms with E-state index >= 15 is 0 Å². The molecule has 31 heavy (non-hydrogen) atoms. The average molecular weight is 438 g/mol. The lowest BCUT2D eigenvalue weighted by molar-refractivity contribution is -0.144. The van der Waals surface area contributed by atoms with Gasteiger partial charge >= 0.3 is 5.97 Å². The number of hydrogen-bond donors (Lipinski definition) is 1. The predicted molar refractivity (Wildman–Crippen MR) is 119 cm³/mol. The summed E-state index contributed by atoms with van der Waals surface area (Å²) in [5, 5.41) is 3.85. The Hall–Kier alpha value is -3.05. The first-order valence-corrected chi connectivity index (χ1v) is 10.5. The number of Topliss-reactive ketones (excluding diaryl/α,β-unsaturated/α-hetero) is 1. The summed E-state index contributed by atoms with van der Waals surface area (Å²) in [7, 11) is 2.98. The van der Waals surface area contributed by atoms with Crippen LogP contribution in [0.4, 0.5) is 0 Å². The Bertz CT molecular complexity index is 1070. The molecule has 0 amide bonds. The molecule has 0 radical (unpaired) electrons. The van der Waals surface area contributed by atoms with Crippen molar-refractivity contribution in [3.8, 4) is 5.75 Å². The zero-order valence-corrected chi connectivity index (χ0v) is 18.2. The molecule has 3 atom stereocenters. The number of para-hydroxylation sites is 1. The molecule has 1 aliphatic heterocycles. The van der Waals surface area contributed by atoms with Crippen molar-refractivity contribution >= 4 is 23.4 Å². The lowest BCUT2D eigenvalue weighted by Crippen LogP contribution is -2.42. The first kappa shape index (κ1) is 21.2. The molecule has 6 heteroatoms. The van der Waals surface area contributed by atoms with Crippen LogP contribution in [0, 0.1) is 5.92 Å². The monoisotopic (exact) mass is 437 g/mol. The van der Waals surface area contributed by atoms with Gasteiger partial charge in [-0.1, -0.05) is 48.5 Å². The van der Waals surface area contributed by atoms with Crippen molar-refractivity contribution in [3.05, 3.63) is 88.2 Å². The molecule has 2 aromatic rings. The highest BCUT2D eigenvalue weighted by Gasteiger charge is 2.45. The molecule has 0 saturated heterocycles. The van der Waals surface area contributed by atoms with Crippen LogP contribution in [-0.4, -0.2) is 26.0 Å². The van der Waals surface area contributed by atoms with E-state index in [0.29, 0.717) is 29.1 Å². The second-order valence-corrected chi connectivity index (χ2v) is 8.28. The van der Waals surface area contributed by atoms with Gasteiger partial charge in [0.2, 0.25) is 0 Å². The number of esters is 1. The Kier molecular flexibility index (Phi) is 5.88. The topological polar surface area (TPSA) is 64.6 Å². The summed E-state index contributed by atoms with van der Waals surface area (Å²) in [5.41, 5.74) is 3.78. The lowest BCUT2D eigenvalue weighted by atomic mass is 9.69. The van der Waals surface area contributed by atoms with Crippen LogP contribution in [0.5, 0.6) is 5.75 Å². The van der Waals surface area contributed by atoms with Gasteiger partial charge in [-0.2, -0.15) is 0 Å². The smallest absolute Gasteiger partial charge is 0.315 e. The van der Waals surface area contributed by atoms with Crippen LogP contribution in [-0.2, 0) is 14.3 Å². The van der Waals surface area contributed by atoms with E-state index in [9.17, 15) is 9.59 Å². The molecule has 2 aliphatic rings. The molecule has 1 heterocycles. The molecule has 1 N–H and O–H groups in total. The number of benzene rings is 2. The number of carbonyl (C=O) groups is 2. The maximum atomic E-state index is 13.5. The van der Waals surface area contributed by atoms with Gasteiger partial charge in [0.15, 0.2) is 5.78 Å². The van der Waals surface area contributed by atoms with Crippen molar-refractivity contribution in [1.29, 1.82) is 0 Å². The highest BCUT2D eigenvalue weighted by Crippen LogP contribution is 2.48. The Balaban J connectivity index is 1.81. The minimum Gasteiger partial charge on any atom is -0.496 e. The normalized spacial score (nSPS) is 23.1. The number of ether oxygens (including phenoxy) is 2. The quantitative estimate of drug-likeness (QED) is 0.700. The van der Waals surface area contributed by atoms with E-state index in [1.807, 2.05) is 36.4 Å². The minimum atomic E-state index is -0.698. The summed E-state index contributed by atoms with van der Waals surface area (Å²) in [6.45, 7) is 4.10. The van der Waals surface area contributed by atoms with E-state index in [1.54, 1.807) is 19.2 Å². The van der Waals surface area contributed by atoms with Crippen molar-refractivity contribution in [2.45, 2.75) is 24.7 Å². The van der Waals surface area contributed by atoms with Gasteiger partial charge in [-0.15, -0.1) is 0 Å². The van der Waals surface area contributed by atoms with Gasteiger partial charge in [-0.25, -0.2) is 0 Å². The molecule has 0 saturated carbocycles. The fourth-order valence-electron chi connectivity index (χ4n) is 4.71. The maximum Gasteiger partial charge on any atom is 0.315 e. The second kappa shape index (κ2) is 8.60. The van der Waals surface area contributed by atoms with Crippen LogP contribution in [0.3, 0.4) is 0 Å². The SMILES string of the molecule is C=C1NC2=C(C(=O)CC(c3ccccc3OC)C2)C(c2ccc(Cl)cc2)C1C(=O)OC. The third-order valence-electron chi connectivity index (χ3n) is 6.10. The van der Waals surface area contributed by atoms with E-state index in [0.717, 1.165) is 22.6 Å². The number of halogens is 1. The Morgan fingerprint density at radius 2 is 1.81 bits per heavy atom. The summed E-state index contributed by atoms with van der Waals surface area (Å²) < 4.78 is 10.6. The van der Waals surface area contributed by atoms with Crippen LogP contribution in [0.25, 0.3) is 0 Å². The number of carbonyl (C=O) groups excluding carboxylic acids is 2. The fourth-order valence-corrected chi connectivity index (χ4v) is 4.83. The molecule has 0 aromatic heterocycles. The molecule has 160 valence electrons. The summed E-state index contributed by atoms with van der Waals surface area (Å²) in [6.07, 6.45) is 0.962. The van der Waals surface area contributed by atoms with E-state index in [4.69, 9.17) is 21.1 Å². The predicted octanol–water partition coefficient (Wildman–Crippen LogP) is 4.74. The molecule has 0 fully saturated rings. The number of allylic oxidation sites excluding steroid dienone is 2. The van der Waals surface area contributed by atoms with Gasteiger partial charge in [-0.3, -0.25) is 9.59 Å². The Labute approximate surface area is 186 Å². The Morgan fingerprint density at radius 3 is 2.48 bits per heavy atom. The van der Waals surface area contributed by atoms with Crippen molar-refractivity contribution < 1.29 is 19.1 Å². The average Bonchev–Trinajstić information content (AvgIpc) is 2.78. The van der Waals surface area contributed by atoms with Gasteiger partial charge in [0, 0.05) is 40.2 Å². The van der Waals surface area contributed by atoms with Gasteiger partial charge in [0.25, 0.3) is 0 Å². The third-order valence-corrected chi connectivity index (χ3v) is 6.35. The summed E-state index contributed by atoms with van der Waals surface area (Å²) in [4.78, 5) is 26.2. The fraction of sp³-hybridized carbons (Fsp3) is 0.280. The second-order valence-electron chi connectivity index (χ2n) is 7.84. The minimum absolute atomic E-state index is 0.00556. The molecule has 3 unspecified atom stereocenters. The largest absolute Gasteiger partial charge is 0.496 e. The molecular weight excluding hydrogens is 414 g/mol. The van der Waals surface area contributed by atoms with Crippen LogP contribution in [0.15, 0.2) is 72.1 Å². The Morgan fingerprint density at radius 1 is 1.10 bits per heavy atom. The maximum absolute atomic E-state index is 13.5. The van der Waals surface area contributed by atoms with Crippen LogP contribution in [0.1, 0.15) is 35.8 Å². The molecule has 0 bridgehead atoms. The first-order chi connectivity index (χ1) is 14.9.